The van der Waals surface area contributed by atoms with Gasteiger partial charge in [0.2, 0.25) is 5.91 Å². The second-order valence-corrected chi connectivity index (χ2v) is 6.60. The molecule has 30 heavy (non-hydrogen) atoms. The summed E-state index contributed by atoms with van der Waals surface area (Å²) in [5, 5.41) is 2.18. The van der Waals surface area contributed by atoms with Gasteiger partial charge in [0.05, 0.1) is 30.0 Å². The lowest BCUT2D eigenvalue weighted by molar-refractivity contribution is -0.137. The fourth-order valence-corrected chi connectivity index (χ4v) is 2.98. The van der Waals surface area contributed by atoms with Crippen molar-refractivity contribution in [1.29, 1.82) is 0 Å². The molecule has 0 spiro atoms. The zero-order valence-corrected chi connectivity index (χ0v) is 16.9. The lowest BCUT2D eigenvalue weighted by Crippen LogP contribution is -2.35. The van der Waals surface area contributed by atoms with Crippen LogP contribution in [0.15, 0.2) is 24.3 Å². The molecular weight excluding hydrogens is 403 g/mol. The number of anilines is 1. The van der Waals surface area contributed by atoms with Gasteiger partial charge < -0.3 is 19.9 Å². The van der Waals surface area contributed by atoms with Crippen molar-refractivity contribution >= 4 is 23.5 Å². The van der Waals surface area contributed by atoms with Crippen LogP contribution in [0.2, 0.25) is 0 Å². The van der Waals surface area contributed by atoms with Crippen LogP contribution in [0.5, 0.6) is 0 Å². The van der Waals surface area contributed by atoms with Crippen molar-refractivity contribution in [1.82, 2.24) is 9.88 Å². The van der Waals surface area contributed by atoms with Gasteiger partial charge in [-0.05, 0) is 38.5 Å². The molecule has 2 amide bonds. The molecule has 0 fully saturated rings. The van der Waals surface area contributed by atoms with Gasteiger partial charge in [-0.1, -0.05) is 12.1 Å². The summed E-state index contributed by atoms with van der Waals surface area (Å²) in [4.78, 5) is 40.9. The van der Waals surface area contributed by atoms with Gasteiger partial charge in [-0.2, -0.15) is 13.2 Å². The van der Waals surface area contributed by atoms with Crippen molar-refractivity contribution in [3.63, 3.8) is 0 Å². The number of amides is 2. The number of aromatic amines is 1. The maximum Gasteiger partial charge on any atom is 0.418 e. The summed E-state index contributed by atoms with van der Waals surface area (Å²) in [5.41, 5.74) is -0.245. The monoisotopic (exact) mass is 425 g/mol. The minimum atomic E-state index is -4.63. The largest absolute Gasteiger partial charge is 0.462 e. The van der Waals surface area contributed by atoms with E-state index in [0.29, 0.717) is 11.3 Å². The number of aryl methyl sites for hydroxylation is 1. The summed E-state index contributed by atoms with van der Waals surface area (Å²) in [6.07, 6.45) is -4.63. The van der Waals surface area contributed by atoms with Crippen LogP contribution in [0.4, 0.5) is 18.9 Å². The molecule has 1 aromatic carbocycles. The summed E-state index contributed by atoms with van der Waals surface area (Å²) in [7, 11) is 1.33. The Balaban J connectivity index is 2.15. The molecule has 10 heteroatoms. The number of ether oxygens (including phenoxy) is 1. The average Bonchev–Trinajstić information content (AvgIpc) is 2.94. The molecular formula is C20H22F3N3O4. The highest BCUT2D eigenvalue weighted by molar-refractivity contribution is 6.02. The highest BCUT2D eigenvalue weighted by Gasteiger charge is 2.33. The van der Waals surface area contributed by atoms with E-state index >= 15 is 0 Å². The molecule has 0 saturated carbocycles. The first-order valence-electron chi connectivity index (χ1n) is 9.05. The molecule has 0 aliphatic rings. The summed E-state index contributed by atoms with van der Waals surface area (Å²) in [6.45, 7) is 4.51. The number of carbonyl (C=O) groups is 3. The highest BCUT2D eigenvalue weighted by atomic mass is 19.4. The third-order valence-electron chi connectivity index (χ3n) is 4.36. The first-order valence-corrected chi connectivity index (χ1v) is 9.05. The van der Waals surface area contributed by atoms with Crippen molar-refractivity contribution in [2.24, 2.45) is 0 Å². The maximum absolute atomic E-state index is 13.1. The molecule has 162 valence electrons. The van der Waals surface area contributed by atoms with Crippen LogP contribution in [0.3, 0.4) is 0 Å². The molecule has 2 aromatic rings. The molecule has 2 N–H and O–H groups in total. The zero-order chi connectivity index (χ0) is 22.6. The standard InChI is InChI=1S/C20H22F3N3O4/c1-5-30-19(29)16-11(2)17(24-12(16)3)18(28)26(4)10-15(27)25-14-9-7-6-8-13(14)20(21,22)23/h6-9,24H,5,10H2,1-4H3,(H,25,27). The van der Waals surface area contributed by atoms with Gasteiger partial charge in [-0.15, -0.1) is 0 Å². The van der Waals surface area contributed by atoms with Gasteiger partial charge in [0.25, 0.3) is 5.91 Å². The van der Waals surface area contributed by atoms with Gasteiger partial charge in [-0.25, -0.2) is 4.79 Å². The van der Waals surface area contributed by atoms with Crippen LogP contribution in [0, 0.1) is 13.8 Å². The molecule has 2 rings (SSSR count). The number of esters is 1. The van der Waals surface area contributed by atoms with Crippen molar-refractivity contribution in [3.8, 4) is 0 Å². The third kappa shape index (κ3) is 5.00. The normalized spacial score (nSPS) is 11.2. The average molecular weight is 425 g/mol. The third-order valence-corrected chi connectivity index (χ3v) is 4.36. The predicted octanol–water partition coefficient (Wildman–Crippen LogP) is 3.54. The van der Waals surface area contributed by atoms with E-state index in [1.807, 2.05) is 0 Å². The maximum atomic E-state index is 13.1. The lowest BCUT2D eigenvalue weighted by atomic mass is 10.1. The van der Waals surface area contributed by atoms with E-state index in [1.54, 1.807) is 20.8 Å². The Bertz CT molecular complexity index is 967. The molecule has 0 aliphatic carbocycles. The number of likely N-dealkylation sites (N-methyl/N-ethyl adjacent to an activating group) is 1. The number of nitrogens with zero attached hydrogens (tertiary/aromatic N) is 1. The highest BCUT2D eigenvalue weighted by Crippen LogP contribution is 2.34. The Hall–Kier alpha value is -3.30. The number of benzene rings is 1. The topological polar surface area (TPSA) is 91.5 Å². The molecule has 0 bridgehead atoms. The Labute approximate surface area is 171 Å². The molecule has 1 aromatic heterocycles. The number of halogens is 3. The number of para-hydroxylation sites is 1. The van der Waals surface area contributed by atoms with E-state index in [-0.39, 0.29) is 17.9 Å². The summed E-state index contributed by atoms with van der Waals surface area (Å²) in [6, 6.07) is 4.56. The Morgan fingerprint density at radius 2 is 1.80 bits per heavy atom. The van der Waals surface area contributed by atoms with Crippen LogP contribution in [0.1, 0.15) is 44.6 Å². The van der Waals surface area contributed by atoms with Crippen LogP contribution in [0.25, 0.3) is 0 Å². The smallest absolute Gasteiger partial charge is 0.418 e. The summed E-state index contributed by atoms with van der Waals surface area (Å²) in [5.74, 6) is -1.97. The predicted molar refractivity (Wildman–Crippen MR) is 103 cm³/mol. The molecule has 0 aliphatic heterocycles. The SMILES string of the molecule is CCOC(=O)c1c(C)[nH]c(C(=O)N(C)CC(=O)Nc2ccccc2C(F)(F)F)c1C. The van der Waals surface area contributed by atoms with Crippen molar-refractivity contribution in [2.75, 3.05) is 25.5 Å². The van der Waals surface area contributed by atoms with E-state index in [2.05, 4.69) is 10.3 Å². The van der Waals surface area contributed by atoms with E-state index < -0.39 is 41.8 Å². The second kappa shape index (κ2) is 9.02. The molecule has 0 atom stereocenters. The van der Waals surface area contributed by atoms with Gasteiger partial charge >= 0.3 is 12.1 Å². The number of carbonyl (C=O) groups excluding carboxylic acids is 3. The van der Waals surface area contributed by atoms with E-state index in [1.165, 1.54) is 19.2 Å². The fraction of sp³-hybridized carbons (Fsp3) is 0.350. The van der Waals surface area contributed by atoms with Crippen LogP contribution in [-0.4, -0.2) is 47.9 Å². The van der Waals surface area contributed by atoms with Crippen LogP contribution < -0.4 is 5.32 Å². The quantitative estimate of drug-likeness (QED) is 0.693. The fourth-order valence-electron chi connectivity index (χ4n) is 2.98. The molecule has 1 heterocycles. The van der Waals surface area contributed by atoms with Crippen molar-refractivity contribution in [3.05, 3.63) is 52.3 Å². The first kappa shape index (κ1) is 23.0. The minimum Gasteiger partial charge on any atom is -0.462 e. The summed E-state index contributed by atoms with van der Waals surface area (Å²) < 4.78 is 44.1. The van der Waals surface area contributed by atoms with Crippen molar-refractivity contribution in [2.45, 2.75) is 26.9 Å². The number of hydrogen-bond donors (Lipinski definition) is 2. The number of H-pyrrole nitrogens is 1. The molecule has 0 saturated heterocycles. The van der Waals surface area contributed by atoms with Gasteiger partial charge in [0.15, 0.2) is 0 Å². The van der Waals surface area contributed by atoms with Crippen molar-refractivity contribution < 1.29 is 32.3 Å². The summed E-state index contributed by atoms with van der Waals surface area (Å²) >= 11 is 0. The molecule has 0 unspecified atom stereocenters. The first-order chi connectivity index (χ1) is 14.0. The zero-order valence-electron chi connectivity index (χ0n) is 16.9. The van der Waals surface area contributed by atoms with Crippen LogP contribution in [-0.2, 0) is 15.7 Å². The van der Waals surface area contributed by atoms with Gasteiger partial charge in [0.1, 0.15) is 5.69 Å². The Kier molecular flexibility index (Phi) is 6.91. The number of rotatable bonds is 6. The lowest BCUT2D eigenvalue weighted by Gasteiger charge is -2.18. The Morgan fingerprint density at radius 1 is 1.17 bits per heavy atom. The van der Waals surface area contributed by atoms with Crippen LogP contribution >= 0.6 is 0 Å². The van der Waals surface area contributed by atoms with Gasteiger partial charge in [-0.3, -0.25) is 9.59 Å². The number of alkyl halides is 3. The van der Waals surface area contributed by atoms with E-state index in [9.17, 15) is 27.6 Å². The van der Waals surface area contributed by atoms with E-state index in [0.717, 1.165) is 17.0 Å². The Morgan fingerprint density at radius 3 is 2.40 bits per heavy atom. The number of aromatic nitrogens is 1. The van der Waals surface area contributed by atoms with E-state index in [4.69, 9.17) is 4.74 Å². The van der Waals surface area contributed by atoms with Gasteiger partial charge in [0, 0.05) is 12.7 Å². The number of hydrogen-bond acceptors (Lipinski definition) is 4. The second-order valence-electron chi connectivity index (χ2n) is 6.60. The molecule has 7 nitrogen and oxygen atoms in total. The number of nitrogens with one attached hydrogen (secondary N) is 2. The minimum absolute atomic E-state index is 0.0987. The molecule has 0 radical (unpaired) electrons.